The molecule has 0 amide bonds. The van der Waals surface area contributed by atoms with Crippen LogP contribution in [0.2, 0.25) is 0 Å². The summed E-state index contributed by atoms with van der Waals surface area (Å²) in [5.74, 6) is 0.853. The van der Waals surface area contributed by atoms with E-state index in [1.165, 1.54) is 0 Å². The molecule has 3 nitrogen and oxygen atoms in total. The summed E-state index contributed by atoms with van der Waals surface area (Å²) in [6.45, 7) is 4.96. The van der Waals surface area contributed by atoms with Gasteiger partial charge in [-0.2, -0.15) is 0 Å². The van der Waals surface area contributed by atoms with E-state index in [2.05, 4.69) is 6.92 Å². The Kier molecular flexibility index (Phi) is 3.74. The Morgan fingerprint density at radius 1 is 1.35 bits per heavy atom. The molecule has 2 aliphatic heterocycles. The van der Waals surface area contributed by atoms with Gasteiger partial charge in [-0.1, -0.05) is 25.0 Å². The minimum absolute atomic E-state index is 0.236. The summed E-state index contributed by atoms with van der Waals surface area (Å²) < 4.78 is 12.1. The average Bonchev–Trinajstić information content (AvgIpc) is 2.40. The van der Waals surface area contributed by atoms with Crippen LogP contribution in [0.1, 0.15) is 56.3 Å². The van der Waals surface area contributed by atoms with Crippen LogP contribution >= 0.6 is 0 Å². The molecule has 0 radical (unpaired) electrons. The molecule has 2 unspecified atom stereocenters. The van der Waals surface area contributed by atoms with E-state index in [0.717, 1.165) is 49.2 Å². The van der Waals surface area contributed by atoms with E-state index in [9.17, 15) is 5.11 Å². The molecule has 2 aliphatic rings. The number of aryl methyl sites for hydroxylation is 1. The average molecular weight is 276 g/mol. The van der Waals surface area contributed by atoms with Crippen molar-refractivity contribution in [2.75, 3.05) is 6.61 Å². The molecule has 0 saturated carbocycles. The van der Waals surface area contributed by atoms with Gasteiger partial charge in [0.15, 0.2) is 0 Å². The van der Waals surface area contributed by atoms with Gasteiger partial charge in [0.25, 0.3) is 0 Å². The quantitative estimate of drug-likeness (QED) is 0.898. The van der Waals surface area contributed by atoms with Gasteiger partial charge in [0.05, 0.1) is 18.8 Å². The van der Waals surface area contributed by atoms with Gasteiger partial charge in [-0.15, -0.1) is 0 Å². The smallest absolute Gasteiger partial charge is 0.125 e. The van der Waals surface area contributed by atoms with Gasteiger partial charge in [0, 0.05) is 24.8 Å². The summed E-state index contributed by atoms with van der Waals surface area (Å²) >= 11 is 0. The van der Waals surface area contributed by atoms with Crippen LogP contribution < -0.4 is 4.74 Å². The highest BCUT2D eigenvalue weighted by Gasteiger charge is 2.44. The Bertz CT molecular complexity index is 483. The largest absolute Gasteiger partial charge is 0.487 e. The van der Waals surface area contributed by atoms with Crippen molar-refractivity contribution in [3.05, 3.63) is 29.3 Å². The van der Waals surface area contributed by atoms with Gasteiger partial charge in [-0.25, -0.2) is 0 Å². The molecule has 2 heterocycles. The summed E-state index contributed by atoms with van der Waals surface area (Å²) in [5.41, 5.74) is 1.87. The number of hydrogen-bond acceptors (Lipinski definition) is 3. The Morgan fingerprint density at radius 2 is 2.20 bits per heavy atom. The van der Waals surface area contributed by atoms with Gasteiger partial charge >= 0.3 is 0 Å². The number of hydrogen-bond donors (Lipinski definition) is 1. The highest BCUT2D eigenvalue weighted by molar-refractivity contribution is 5.41. The highest BCUT2D eigenvalue weighted by atomic mass is 16.5. The molecule has 0 bridgehead atoms. The van der Waals surface area contributed by atoms with Gasteiger partial charge < -0.3 is 14.6 Å². The lowest BCUT2D eigenvalue weighted by atomic mass is 9.80. The summed E-state index contributed by atoms with van der Waals surface area (Å²) in [4.78, 5) is 0. The monoisotopic (exact) mass is 276 g/mol. The first-order valence-corrected chi connectivity index (χ1v) is 7.71. The van der Waals surface area contributed by atoms with Crippen molar-refractivity contribution in [3.63, 3.8) is 0 Å². The third-order valence-electron chi connectivity index (χ3n) is 4.54. The fraction of sp³-hybridized carbons (Fsp3) is 0.647. The molecule has 1 N–H and O–H groups in total. The maximum absolute atomic E-state index is 10.5. The number of benzene rings is 1. The van der Waals surface area contributed by atoms with Crippen molar-refractivity contribution in [3.8, 4) is 5.75 Å². The van der Waals surface area contributed by atoms with Gasteiger partial charge in [-0.05, 0) is 25.5 Å². The van der Waals surface area contributed by atoms with E-state index in [0.29, 0.717) is 6.42 Å². The van der Waals surface area contributed by atoms with E-state index in [-0.39, 0.29) is 11.7 Å². The zero-order chi connectivity index (χ0) is 14.2. The molecule has 3 rings (SSSR count). The van der Waals surface area contributed by atoms with Crippen molar-refractivity contribution < 1.29 is 14.6 Å². The molecule has 1 spiro atoms. The second kappa shape index (κ2) is 5.38. The molecule has 3 heteroatoms. The summed E-state index contributed by atoms with van der Waals surface area (Å²) in [6.07, 6.45) is 4.50. The normalized spacial score (nSPS) is 32.8. The van der Waals surface area contributed by atoms with E-state index >= 15 is 0 Å². The lowest BCUT2D eigenvalue weighted by molar-refractivity contribution is -0.118. The molecule has 1 saturated heterocycles. The molecule has 20 heavy (non-hydrogen) atoms. The predicted octanol–water partition coefficient (Wildman–Crippen LogP) is 3.53. The van der Waals surface area contributed by atoms with Crippen molar-refractivity contribution >= 4 is 0 Å². The van der Waals surface area contributed by atoms with Gasteiger partial charge in [-0.3, -0.25) is 0 Å². The first-order chi connectivity index (χ1) is 9.62. The minimum Gasteiger partial charge on any atom is -0.487 e. The topological polar surface area (TPSA) is 38.7 Å². The molecule has 1 aromatic carbocycles. The maximum Gasteiger partial charge on any atom is 0.125 e. The summed E-state index contributed by atoms with van der Waals surface area (Å²) in [5, 5.41) is 10.5. The molecule has 1 aromatic rings. The van der Waals surface area contributed by atoms with Crippen molar-refractivity contribution in [2.24, 2.45) is 0 Å². The van der Waals surface area contributed by atoms with Crippen LogP contribution in [-0.4, -0.2) is 23.4 Å². The number of aliphatic hydroxyl groups excluding tert-OH is 1. The third kappa shape index (κ3) is 2.57. The van der Waals surface area contributed by atoms with Gasteiger partial charge in [0.2, 0.25) is 0 Å². The number of fused-ring (bicyclic) bond motifs is 1. The molecular weight excluding hydrogens is 252 g/mol. The van der Waals surface area contributed by atoms with E-state index < -0.39 is 6.10 Å². The Labute approximate surface area is 120 Å². The van der Waals surface area contributed by atoms with Crippen LogP contribution in [-0.2, 0) is 4.74 Å². The van der Waals surface area contributed by atoms with Crippen molar-refractivity contribution in [1.82, 2.24) is 0 Å². The summed E-state index contributed by atoms with van der Waals surface area (Å²) in [7, 11) is 0. The standard InChI is InChI=1S/C17H24O3/c1-3-4-13-10-17(7-8-19-13)11-15(18)14-9-12(2)5-6-16(14)20-17/h5-6,9,13,15,18H,3-4,7-8,10-11H2,1-2H3/t13?,15-,17?/m0/s1. The Balaban J connectivity index is 1.84. The molecule has 0 aromatic heterocycles. The summed E-state index contributed by atoms with van der Waals surface area (Å²) in [6, 6.07) is 6.09. The van der Waals surface area contributed by atoms with E-state index in [1.807, 2.05) is 25.1 Å². The minimum atomic E-state index is -0.418. The zero-order valence-corrected chi connectivity index (χ0v) is 12.4. The predicted molar refractivity (Wildman–Crippen MR) is 78.0 cm³/mol. The fourth-order valence-corrected chi connectivity index (χ4v) is 3.53. The van der Waals surface area contributed by atoms with E-state index in [4.69, 9.17) is 9.47 Å². The van der Waals surface area contributed by atoms with Crippen LogP contribution in [0.25, 0.3) is 0 Å². The van der Waals surface area contributed by atoms with Crippen LogP contribution in [0.15, 0.2) is 18.2 Å². The van der Waals surface area contributed by atoms with Crippen molar-refractivity contribution in [2.45, 2.75) is 63.8 Å². The number of rotatable bonds is 2. The molecule has 3 atom stereocenters. The lowest BCUT2D eigenvalue weighted by Gasteiger charge is -2.45. The van der Waals surface area contributed by atoms with Crippen LogP contribution in [0, 0.1) is 6.92 Å². The second-order valence-electron chi connectivity index (χ2n) is 6.28. The first-order valence-electron chi connectivity index (χ1n) is 7.71. The number of aliphatic hydroxyl groups is 1. The molecule has 110 valence electrons. The third-order valence-corrected chi connectivity index (χ3v) is 4.54. The lowest BCUT2D eigenvalue weighted by Crippen LogP contribution is -2.48. The SMILES string of the molecule is CCCC1CC2(CCO1)C[C@H](O)c1cc(C)ccc1O2. The highest BCUT2D eigenvalue weighted by Crippen LogP contribution is 2.45. The Hall–Kier alpha value is -1.06. The van der Waals surface area contributed by atoms with E-state index in [1.54, 1.807) is 0 Å². The van der Waals surface area contributed by atoms with Crippen LogP contribution in [0.4, 0.5) is 0 Å². The van der Waals surface area contributed by atoms with Crippen molar-refractivity contribution in [1.29, 1.82) is 0 Å². The van der Waals surface area contributed by atoms with Gasteiger partial charge in [0.1, 0.15) is 11.4 Å². The zero-order valence-electron chi connectivity index (χ0n) is 12.4. The molecular formula is C17H24O3. The van der Waals surface area contributed by atoms with Crippen LogP contribution in [0.3, 0.4) is 0 Å². The first kappa shape index (κ1) is 13.9. The van der Waals surface area contributed by atoms with Crippen LogP contribution in [0.5, 0.6) is 5.75 Å². The second-order valence-corrected chi connectivity index (χ2v) is 6.28. The number of ether oxygens (including phenoxy) is 2. The maximum atomic E-state index is 10.5. The molecule has 0 aliphatic carbocycles. The fourth-order valence-electron chi connectivity index (χ4n) is 3.53. The Morgan fingerprint density at radius 3 is 3.00 bits per heavy atom. The molecule has 1 fully saturated rings.